The number of esters is 1. The Balaban J connectivity index is 1.84. The van der Waals surface area contributed by atoms with E-state index in [4.69, 9.17) is 11.6 Å². The van der Waals surface area contributed by atoms with Crippen molar-refractivity contribution in [2.45, 2.75) is 63.9 Å². The summed E-state index contributed by atoms with van der Waals surface area (Å²) in [6, 6.07) is 0. The maximum atomic E-state index is 12.2. The van der Waals surface area contributed by atoms with Crippen molar-refractivity contribution in [3.8, 4) is 0 Å². The second-order valence-corrected chi connectivity index (χ2v) is 7.53. The Morgan fingerprint density at radius 2 is 2.08 bits per heavy atom. The number of allylic oxidation sites excluding steroid dienone is 5. The van der Waals surface area contributed by atoms with Gasteiger partial charge in [0, 0.05) is 17.9 Å². The molecule has 0 spiro atoms. The lowest BCUT2D eigenvalue weighted by atomic mass is 9.95. The number of ether oxygens (including phenoxy) is 1. The summed E-state index contributed by atoms with van der Waals surface area (Å²) in [5, 5.41) is 10.5. The monoisotopic (exact) mass is 380 g/mol. The van der Waals surface area contributed by atoms with Gasteiger partial charge in [-0.25, -0.2) is 0 Å². The zero-order chi connectivity index (χ0) is 18.9. The van der Waals surface area contributed by atoms with Crippen LogP contribution in [0.3, 0.4) is 0 Å². The minimum absolute atomic E-state index is 0.119. The summed E-state index contributed by atoms with van der Waals surface area (Å²) in [6.07, 6.45) is 15.3. The van der Waals surface area contributed by atoms with Gasteiger partial charge in [0.1, 0.15) is 0 Å². The first-order valence-corrected chi connectivity index (χ1v) is 9.96. The molecule has 2 atom stereocenters. The van der Waals surface area contributed by atoms with Gasteiger partial charge in [0.2, 0.25) is 5.78 Å². The zero-order valence-electron chi connectivity index (χ0n) is 15.5. The molecule has 1 fully saturated rings. The van der Waals surface area contributed by atoms with E-state index >= 15 is 0 Å². The molecule has 0 saturated heterocycles. The number of ketones is 1. The number of halogens is 1. The Morgan fingerprint density at radius 1 is 1.35 bits per heavy atom. The summed E-state index contributed by atoms with van der Waals surface area (Å²) in [4.78, 5) is 23.3. The molecule has 0 radical (unpaired) electrons. The van der Waals surface area contributed by atoms with Gasteiger partial charge in [-0.15, -0.1) is 0 Å². The van der Waals surface area contributed by atoms with Crippen LogP contribution in [0.5, 0.6) is 0 Å². The molecule has 0 bridgehead atoms. The highest BCUT2D eigenvalue weighted by Crippen LogP contribution is 2.32. The second kappa shape index (κ2) is 10.7. The third-order valence-corrected chi connectivity index (χ3v) is 5.54. The molecule has 0 aromatic rings. The SMILES string of the molecule is COC(=O)CCCCCC=C1C(=O)C(Cl)=CC1C=CC(O)C1CCCC1. The van der Waals surface area contributed by atoms with Crippen LogP contribution < -0.4 is 0 Å². The molecule has 0 aliphatic heterocycles. The van der Waals surface area contributed by atoms with Gasteiger partial charge in [0.25, 0.3) is 0 Å². The molecular weight excluding hydrogens is 352 g/mol. The number of rotatable bonds is 9. The van der Waals surface area contributed by atoms with Gasteiger partial charge >= 0.3 is 5.97 Å². The number of hydrogen-bond acceptors (Lipinski definition) is 4. The second-order valence-electron chi connectivity index (χ2n) is 7.12. The molecule has 2 aliphatic rings. The number of unbranched alkanes of at least 4 members (excludes halogenated alkanes) is 3. The third kappa shape index (κ3) is 6.10. The molecular formula is C21H29ClO4. The Kier molecular flexibility index (Phi) is 8.60. The summed E-state index contributed by atoms with van der Waals surface area (Å²) < 4.78 is 4.62. The summed E-state index contributed by atoms with van der Waals surface area (Å²) in [5.41, 5.74) is 0.692. The fourth-order valence-corrected chi connectivity index (χ4v) is 3.88. The Bertz CT molecular complexity index is 585. The van der Waals surface area contributed by atoms with Crippen molar-refractivity contribution in [3.05, 3.63) is 34.9 Å². The van der Waals surface area contributed by atoms with Gasteiger partial charge in [-0.3, -0.25) is 9.59 Å². The van der Waals surface area contributed by atoms with Crippen LogP contribution in [0.1, 0.15) is 57.8 Å². The molecule has 0 aromatic heterocycles. The lowest BCUT2D eigenvalue weighted by Gasteiger charge is -2.14. The van der Waals surface area contributed by atoms with E-state index in [1.165, 1.54) is 20.0 Å². The lowest BCUT2D eigenvalue weighted by molar-refractivity contribution is -0.140. The van der Waals surface area contributed by atoms with Gasteiger partial charge in [0.05, 0.1) is 18.2 Å². The summed E-state index contributed by atoms with van der Waals surface area (Å²) in [6.45, 7) is 0. The first-order chi connectivity index (χ1) is 12.5. The highest BCUT2D eigenvalue weighted by atomic mass is 35.5. The molecule has 2 rings (SSSR count). The van der Waals surface area contributed by atoms with Crippen LogP contribution in [-0.2, 0) is 14.3 Å². The van der Waals surface area contributed by atoms with E-state index < -0.39 is 6.10 Å². The maximum Gasteiger partial charge on any atom is 0.305 e. The van der Waals surface area contributed by atoms with Crippen molar-refractivity contribution >= 4 is 23.4 Å². The Morgan fingerprint density at radius 3 is 2.77 bits per heavy atom. The van der Waals surface area contributed by atoms with Crippen LogP contribution >= 0.6 is 11.6 Å². The molecule has 144 valence electrons. The van der Waals surface area contributed by atoms with Crippen LogP contribution in [0.25, 0.3) is 0 Å². The number of methoxy groups -OCH3 is 1. The predicted octanol–water partition coefficient (Wildman–Crippen LogP) is 4.47. The summed E-state index contributed by atoms with van der Waals surface area (Å²) in [5.74, 6) is -0.117. The predicted molar refractivity (Wildman–Crippen MR) is 103 cm³/mol. The largest absolute Gasteiger partial charge is 0.469 e. The number of hydrogen-bond donors (Lipinski definition) is 1. The third-order valence-electron chi connectivity index (χ3n) is 5.24. The van der Waals surface area contributed by atoms with Crippen molar-refractivity contribution in [1.29, 1.82) is 0 Å². The number of aliphatic hydroxyl groups is 1. The first-order valence-electron chi connectivity index (χ1n) is 9.58. The molecule has 0 amide bonds. The average molecular weight is 381 g/mol. The van der Waals surface area contributed by atoms with E-state index in [2.05, 4.69) is 4.74 Å². The van der Waals surface area contributed by atoms with Gasteiger partial charge in [-0.1, -0.05) is 55.2 Å². The van der Waals surface area contributed by atoms with Gasteiger partial charge < -0.3 is 9.84 Å². The quantitative estimate of drug-likeness (QED) is 0.277. The van der Waals surface area contributed by atoms with E-state index in [-0.39, 0.29) is 22.7 Å². The van der Waals surface area contributed by atoms with Crippen LogP contribution in [0.2, 0.25) is 0 Å². The van der Waals surface area contributed by atoms with Crippen molar-refractivity contribution < 1.29 is 19.4 Å². The zero-order valence-corrected chi connectivity index (χ0v) is 16.2. The molecule has 26 heavy (non-hydrogen) atoms. The van der Waals surface area contributed by atoms with Crippen LogP contribution in [0.4, 0.5) is 0 Å². The molecule has 4 nitrogen and oxygen atoms in total. The number of carbonyl (C=O) groups excluding carboxylic acids is 2. The van der Waals surface area contributed by atoms with E-state index in [1.54, 1.807) is 6.08 Å². The molecule has 1 N–H and O–H groups in total. The standard InChI is InChI=1S/C21H29ClO4/c1-26-20(24)11-5-3-2-4-10-17-16(14-18(22)21(17)25)12-13-19(23)15-8-6-7-9-15/h10,12-16,19,23H,2-9,11H2,1H3. The van der Waals surface area contributed by atoms with E-state index in [1.807, 2.05) is 18.2 Å². The normalized spacial score (nSPS) is 23.8. The van der Waals surface area contributed by atoms with E-state index in [0.717, 1.165) is 38.5 Å². The average Bonchev–Trinajstić information content (AvgIpc) is 3.26. The van der Waals surface area contributed by atoms with Gasteiger partial charge in [0.15, 0.2) is 0 Å². The number of Topliss-reactive ketones (excluding diaryl/α,β-unsaturated/α-hetero) is 1. The highest BCUT2D eigenvalue weighted by Gasteiger charge is 2.28. The van der Waals surface area contributed by atoms with Crippen LogP contribution in [0, 0.1) is 11.8 Å². The Labute approximate surface area is 160 Å². The van der Waals surface area contributed by atoms with Gasteiger partial charge in [-0.2, -0.15) is 0 Å². The van der Waals surface area contributed by atoms with Crippen molar-refractivity contribution in [3.63, 3.8) is 0 Å². The van der Waals surface area contributed by atoms with E-state index in [9.17, 15) is 14.7 Å². The molecule has 1 saturated carbocycles. The Hall–Kier alpha value is -1.39. The molecule has 5 heteroatoms. The summed E-state index contributed by atoms with van der Waals surface area (Å²) >= 11 is 6.03. The number of carbonyl (C=O) groups is 2. The van der Waals surface area contributed by atoms with Crippen molar-refractivity contribution in [1.82, 2.24) is 0 Å². The fraction of sp³-hybridized carbons (Fsp3) is 0.619. The number of aliphatic hydroxyl groups excluding tert-OH is 1. The minimum atomic E-state index is -0.444. The molecule has 0 heterocycles. The maximum absolute atomic E-state index is 12.2. The molecule has 2 unspecified atom stereocenters. The van der Waals surface area contributed by atoms with Crippen molar-refractivity contribution in [2.24, 2.45) is 11.8 Å². The van der Waals surface area contributed by atoms with Gasteiger partial charge in [-0.05, 0) is 38.0 Å². The topological polar surface area (TPSA) is 63.6 Å². The lowest BCUT2D eigenvalue weighted by Crippen LogP contribution is -2.14. The smallest absolute Gasteiger partial charge is 0.305 e. The van der Waals surface area contributed by atoms with Crippen LogP contribution in [-0.4, -0.2) is 30.1 Å². The van der Waals surface area contributed by atoms with Crippen molar-refractivity contribution in [2.75, 3.05) is 7.11 Å². The minimum Gasteiger partial charge on any atom is -0.469 e. The fourth-order valence-electron chi connectivity index (χ4n) is 3.64. The first kappa shape index (κ1) is 20.9. The molecule has 0 aromatic carbocycles. The summed E-state index contributed by atoms with van der Waals surface area (Å²) in [7, 11) is 1.40. The highest BCUT2D eigenvalue weighted by molar-refractivity contribution is 6.46. The van der Waals surface area contributed by atoms with Crippen LogP contribution in [0.15, 0.2) is 34.9 Å². The molecule has 2 aliphatic carbocycles. The van der Waals surface area contributed by atoms with E-state index in [0.29, 0.717) is 17.9 Å².